The van der Waals surface area contributed by atoms with Crippen LogP contribution in [0.5, 0.6) is 0 Å². The van der Waals surface area contributed by atoms with Gasteiger partial charge in [0.05, 0.1) is 11.8 Å². The van der Waals surface area contributed by atoms with Crippen LogP contribution in [0.15, 0.2) is 70.8 Å². The number of likely N-dealkylation sites (tertiary alicyclic amines) is 1. The second-order valence-corrected chi connectivity index (χ2v) is 11.9. The standard InChI is InChI=1S/C28H30N4O5S2/c1-31-13-5-9-21(31)25(34)29-12-4-8-19-15-39-27-23(26(35)32(27)24(19)28(36)37)30-22(33)16-38-20-11-10-17-6-2-3-7-18(17)14-20/h2-4,6-8,10-11,14,21,23,27H,5,9,12-13,15-16H2,1H3,(H,29,34)(H,30,33)(H,36,37)/b8-4+/t21?,23-,27-/m1/s1. The van der Waals surface area contributed by atoms with E-state index in [-0.39, 0.29) is 35.9 Å². The largest absolute Gasteiger partial charge is 0.477 e. The second-order valence-electron chi connectivity index (χ2n) is 9.72. The predicted molar refractivity (Wildman–Crippen MR) is 152 cm³/mol. The van der Waals surface area contributed by atoms with Crippen molar-refractivity contribution in [2.45, 2.75) is 35.2 Å². The third kappa shape index (κ3) is 5.85. The summed E-state index contributed by atoms with van der Waals surface area (Å²) in [5.41, 5.74) is 0.430. The number of hydrogen-bond acceptors (Lipinski definition) is 7. The summed E-state index contributed by atoms with van der Waals surface area (Å²) < 4.78 is 0. The van der Waals surface area contributed by atoms with E-state index in [1.165, 1.54) is 28.4 Å². The zero-order chi connectivity index (χ0) is 27.5. The van der Waals surface area contributed by atoms with E-state index in [0.717, 1.165) is 35.1 Å². The molecule has 0 aliphatic carbocycles. The van der Waals surface area contributed by atoms with Crippen molar-refractivity contribution in [1.82, 2.24) is 20.4 Å². The molecule has 5 rings (SSSR count). The molecule has 1 unspecified atom stereocenters. The maximum absolute atomic E-state index is 12.9. The monoisotopic (exact) mass is 566 g/mol. The number of β-lactam (4-membered cyclic amide) rings is 1. The van der Waals surface area contributed by atoms with Gasteiger partial charge in [0.1, 0.15) is 17.1 Å². The summed E-state index contributed by atoms with van der Waals surface area (Å²) in [6.07, 6.45) is 5.19. The van der Waals surface area contributed by atoms with Gasteiger partial charge in [-0.05, 0) is 54.9 Å². The van der Waals surface area contributed by atoms with Gasteiger partial charge in [-0.1, -0.05) is 42.5 Å². The Bertz CT molecular complexity index is 1380. The number of carboxylic acid groups (broad SMARTS) is 1. The van der Waals surface area contributed by atoms with Crippen molar-refractivity contribution in [1.29, 1.82) is 0 Å². The first-order valence-electron chi connectivity index (χ1n) is 12.8. The quantitative estimate of drug-likeness (QED) is 0.313. The Morgan fingerprint density at radius 2 is 1.97 bits per heavy atom. The number of carbonyl (C=O) groups excluding carboxylic acids is 3. The van der Waals surface area contributed by atoms with E-state index >= 15 is 0 Å². The number of carbonyl (C=O) groups is 4. The Morgan fingerprint density at radius 3 is 2.72 bits per heavy atom. The molecule has 0 spiro atoms. The molecule has 0 saturated carbocycles. The van der Waals surface area contributed by atoms with Gasteiger partial charge in [-0.15, -0.1) is 23.5 Å². The van der Waals surface area contributed by atoms with E-state index in [1.54, 1.807) is 12.2 Å². The SMILES string of the molecule is CN1CCCC1C(=O)NC/C=C/C1=C(C(=O)O)N2C(=O)[C@@H](NC(=O)CSc3ccc4ccccc4c3)[C@H]2SC1. The van der Waals surface area contributed by atoms with Crippen molar-refractivity contribution in [3.8, 4) is 0 Å². The molecule has 3 atom stereocenters. The number of fused-ring (bicyclic) bond motifs is 2. The molecule has 2 saturated heterocycles. The Kier molecular flexibility index (Phi) is 8.29. The first-order valence-corrected chi connectivity index (χ1v) is 14.8. The molecule has 0 bridgehead atoms. The zero-order valence-corrected chi connectivity index (χ0v) is 23.1. The number of benzene rings is 2. The van der Waals surface area contributed by atoms with E-state index in [1.807, 2.05) is 54.4 Å². The minimum atomic E-state index is -1.19. The van der Waals surface area contributed by atoms with Crippen molar-refractivity contribution < 1.29 is 24.3 Å². The van der Waals surface area contributed by atoms with Crippen LogP contribution in [0.3, 0.4) is 0 Å². The number of thioether (sulfide) groups is 2. The molecular weight excluding hydrogens is 536 g/mol. The van der Waals surface area contributed by atoms with Crippen LogP contribution >= 0.6 is 23.5 Å². The fourth-order valence-electron chi connectivity index (χ4n) is 5.11. The van der Waals surface area contributed by atoms with Gasteiger partial charge in [0, 0.05) is 17.2 Å². The number of carboxylic acids is 1. The molecule has 204 valence electrons. The summed E-state index contributed by atoms with van der Waals surface area (Å²) in [5, 5.41) is 17.3. The summed E-state index contributed by atoms with van der Waals surface area (Å²) >= 11 is 2.80. The molecule has 39 heavy (non-hydrogen) atoms. The molecule has 0 aromatic heterocycles. The highest BCUT2D eigenvalue weighted by Gasteiger charge is 2.53. The Morgan fingerprint density at radius 1 is 1.18 bits per heavy atom. The Balaban J connectivity index is 1.16. The summed E-state index contributed by atoms with van der Waals surface area (Å²) in [4.78, 5) is 54.2. The molecule has 11 heteroatoms. The lowest BCUT2D eigenvalue weighted by Crippen LogP contribution is -2.70. The van der Waals surface area contributed by atoms with Crippen molar-refractivity contribution in [2.75, 3.05) is 31.6 Å². The highest BCUT2D eigenvalue weighted by atomic mass is 32.2. The van der Waals surface area contributed by atoms with Crippen LogP contribution < -0.4 is 10.6 Å². The maximum atomic E-state index is 12.9. The normalized spacial score (nSPS) is 23.2. The molecule has 2 aromatic rings. The van der Waals surface area contributed by atoms with Crippen molar-refractivity contribution >= 4 is 58.0 Å². The molecule has 2 aromatic carbocycles. The van der Waals surface area contributed by atoms with E-state index < -0.39 is 23.3 Å². The number of nitrogens with zero attached hydrogens (tertiary/aromatic N) is 2. The number of hydrogen-bond donors (Lipinski definition) is 3. The van der Waals surface area contributed by atoms with Gasteiger partial charge < -0.3 is 15.7 Å². The van der Waals surface area contributed by atoms with Crippen LogP contribution in [0.2, 0.25) is 0 Å². The minimum Gasteiger partial charge on any atom is -0.477 e. The molecule has 9 nitrogen and oxygen atoms in total. The zero-order valence-electron chi connectivity index (χ0n) is 21.5. The van der Waals surface area contributed by atoms with E-state index in [2.05, 4.69) is 10.6 Å². The van der Waals surface area contributed by atoms with Crippen LogP contribution in [0.1, 0.15) is 12.8 Å². The summed E-state index contributed by atoms with van der Waals surface area (Å²) in [6, 6.07) is 13.1. The van der Waals surface area contributed by atoms with E-state index in [0.29, 0.717) is 11.3 Å². The molecule has 2 fully saturated rings. The molecule has 3 amide bonds. The molecular formula is C28H30N4O5S2. The first kappa shape index (κ1) is 27.3. The summed E-state index contributed by atoms with van der Waals surface area (Å²) in [5.74, 6) is -1.41. The Labute approximate surface area is 235 Å². The van der Waals surface area contributed by atoms with Gasteiger partial charge >= 0.3 is 5.97 Å². The van der Waals surface area contributed by atoms with Crippen LogP contribution in [0.25, 0.3) is 10.8 Å². The summed E-state index contributed by atoms with van der Waals surface area (Å²) in [7, 11) is 1.93. The Hall–Kier alpha value is -3.28. The first-order chi connectivity index (χ1) is 18.8. The van der Waals surface area contributed by atoms with Crippen LogP contribution in [-0.4, -0.2) is 87.7 Å². The number of aliphatic carboxylic acids is 1. The van der Waals surface area contributed by atoms with Gasteiger partial charge in [-0.2, -0.15) is 0 Å². The maximum Gasteiger partial charge on any atom is 0.352 e. The molecule has 3 heterocycles. The smallest absolute Gasteiger partial charge is 0.352 e. The third-order valence-electron chi connectivity index (χ3n) is 7.14. The topological polar surface area (TPSA) is 119 Å². The van der Waals surface area contributed by atoms with Gasteiger partial charge in [-0.25, -0.2) is 4.79 Å². The highest BCUT2D eigenvalue weighted by molar-refractivity contribution is 8.00. The van der Waals surface area contributed by atoms with E-state index in [4.69, 9.17) is 0 Å². The van der Waals surface area contributed by atoms with Gasteiger partial charge in [0.25, 0.3) is 5.91 Å². The molecule has 3 aliphatic heterocycles. The van der Waals surface area contributed by atoms with Crippen molar-refractivity contribution in [3.63, 3.8) is 0 Å². The predicted octanol–water partition coefficient (Wildman–Crippen LogP) is 2.44. The fourth-order valence-corrected chi connectivity index (χ4v) is 7.19. The van der Waals surface area contributed by atoms with Gasteiger partial charge in [0.15, 0.2) is 0 Å². The van der Waals surface area contributed by atoms with Gasteiger partial charge in [-0.3, -0.25) is 24.2 Å². The lowest BCUT2D eigenvalue weighted by atomic mass is 10.0. The van der Waals surface area contributed by atoms with Crippen LogP contribution in [0, 0.1) is 0 Å². The average Bonchev–Trinajstić information content (AvgIpc) is 3.37. The lowest BCUT2D eigenvalue weighted by molar-refractivity contribution is -0.150. The van der Waals surface area contributed by atoms with Crippen molar-refractivity contribution in [2.24, 2.45) is 0 Å². The van der Waals surface area contributed by atoms with Crippen LogP contribution in [0.4, 0.5) is 0 Å². The summed E-state index contributed by atoms with van der Waals surface area (Å²) in [6.45, 7) is 1.17. The van der Waals surface area contributed by atoms with E-state index in [9.17, 15) is 24.3 Å². The lowest BCUT2D eigenvalue weighted by Gasteiger charge is -2.49. The fraction of sp³-hybridized carbons (Fsp3) is 0.357. The third-order valence-corrected chi connectivity index (χ3v) is 9.44. The minimum absolute atomic E-state index is 0.0412. The van der Waals surface area contributed by atoms with Crippen LogP contribution in [-0.2, 0) is 19.2 Å². The van der Waals surface area contributed by atoms with Gasteiger partial charge in [0.2, 0.25) is 11.8 Å². The molecule has 3 aliphatic rings. The number of nitrogens with one attached hydrogen (secondary N) is 2. The number of rotatable bonds is 9. The number of amides is 3. The van der Waals surface area contributed by atoms with Crippen molar-refractivity contribution in [3.05, 3.63) is 65.9 Å². The molecule has 0 radical (unpaired) electrons. The number of allylic oxidation sites excluding steroid dienone is 1. The second kappa shape index (κ2) is 11.8. The average molecular weight is 567 g/mol. The highest BCUT2D eigenvalue weighted by Crippen LogP contribution is 2.40. The molecule has 3 N–H and O–H groups in total. The number of likely N-dealkylation sites (N-methyl/N-ethyl adjacent to an activating group) is 1.